The van der Waals surface area contributed by atoms with Crippen molar-refractivity contribution in [2.75, 3.05) is 5.32 Å². The van der Waals surface area contributed by atoms with Gasteiger partial charge < -0.3 is 5.32 Å². The number of hydrogen-bond acceptors (Lipinski definition) is 1. The lowest BCUT2D eigenvalue weighted by molar-refractivity contribution is 1.41. The van der Waals surface area contributed by atoms with Crippen molar-refractivity contribution in [3.05, 3.63) is 64.2 Å². The van der Waals surface area contributed by atoms with Gasteiger partial charge in [0.05, 0.1) is 10.0 Å². The van der Waals surface area contributed by atoms with E-state index >= 15 is 0 Å². The first-order chi connectivity index (χ1) is 9.22. The molecule has 1 N–H and O–H groups in total. The normalized spacial score (nSPS) is 12.4. The predicted molar refractivity (Wildman–Crippen MR) is 83.8 cm³/mol. The molecule has 0 saturated carbocycles. The van der Waals surface area contributed by atoms with Crippen LogP contribution in [0.2, 0.25) is 5.02 Å². The zero-order valence-corrected chi connectivity index (χ0v) is 11.6. The summed E-state index contributed by atoms with van der Waals surface area (Å²) in [7, 11) is 0. The second kappa shape index (κ2) is 5.05. The van der Waals surface area contributed by atoms with Crippen molar-refractivity contribution >= 4 is 34.5 Å². The molecule has 0 fully saturated rings. The fourth-order valence-corrected chi connectivity index (χ4v) is 2.48. The van der Waals surface area contributed by atoms with Crippen molar-refractivity contribution in [3.63, 3.8) is 0 Å². The summed E-state index contributed by atoms with van der Waals surface area (Å²) >= 11 is 11.4. The number of hydrogen-bond donors (Lipinski definition) is 1. The molecule has 1 aliphatic heterocycles. The van der Waals surface area contributed by atoms with E-state index in [1.165, 1.54) is 0 Å². The summed E-state index contributed by atoms with van der Waals surface area (Å²) in [5.74, 6) is 6.24. The van der Waals surface area contributed by atoms with Gasteiger partial charge in [-0.15, -0.1) is 0 Å². The minimum Gasteiger partial charge on any atom is -0.349 e. The Balaban J connectivity index is 1.97. The number of anilines is 1. The van der Waals surface area contributed by atoms with Crippen LogP contribution in [-0.4, -0.2) is 4.99 Å². The zero-order chi connectivity index (χ0) is 13.2. The molecule has 0 atom stereocenters. The molecule has 0 amide bonds. The van der Waals surface area contributed by atoms with Crippen LogP contribution in [0.5, 0.6) is 0 Å². The maximum Gasteiger partial charge on any atom is 0.0842 e. The highest BCUT2D eigenvalue weighted by atomic mass is 35.5. The summed E-state index contributed by atoms with van der Waals surface area (Å²) in [6.45, 7) is 0. The first-order valence-corrected chi connectivity index (χ1v) is 6.70. The van der Waals surface area contributed by atoms with Crippen molar-refractivity contribution in [1.29, 1.82) is 0 Å². The van der Waals surface area contributed by atoms with Gasteiger partial charge in [0.15, 0.2) is 0 Å². The number of rotatable bonds is 0. The molecule has 0 radical (unpaired) electrons. The minimum absolute atomic E-state index is 0.652. The highest BCUT2D eigenvalue weighted by Crippen LogP contribution is 2.29. The number of benzene rings is 2. The van der Waals surface area contributed by atoms with Crippen LogP contribution in [0.3, 0.4) is 0 Å². The molecule has 1 aliphatic rings. The molecule has 0 saturated heterocycles. The maximum atomic E-state index is 6.24. The summed E-state index contributed by atoms with van der Waals surface area (Å²) in [4.78, 5) is 0.833. The van der Waals surface area contributed by atoms with E-state index in [0.29, 0.717) is 5.02 Å². The quantitative estimate of drug-likeness (QED) is 0.579. The van der Waals surface area contributed by atoms with Gasteiger partial charge in [0.1, 0.15) is 0 Å². The van der Waals surface area contributed by atoms with Gasteiger partial charge in [0.25, 0.3) is 0 Å². The summed E-state index contributed by atoms with van der Waals surface area (Å²) < 4.78 is 0. The fourth-order valence-electron chi connectivity index (χ4n) is 2.00. The van der Waals surface area contributed by atoms with Crippen LogP contribution in [0.4, 0.5) is 5.69 Å². The van der Waals surface area contributed by atoms with Crippen molar-refractivity contribution in [2.45, 2.75) is 6.42 Å². The Bertz CT molecular complexity index is 711. The van der Waals surface area contributed by atoms with E-state index in [4.69, 9.17) is 23.8 Å². The molecule has 0 bridgehead atoms. The second-order valence-electron chi connectivity index (χ2n) is 4.33. The van der Waals surface area contributed by atoms with Crippen molar-refractivity contribution in [3.8, 4) is 11.8 Å². The molecule has 92 valence electrons. The SMILES string of the molecule is S=C1Cc2cc(C#Cc3ccccc3)c(Cl)cc2N1. The third kappa shape index (κ3) is 2.63. The molecule has 3 heteroatoms. The fraction of sp³-hybridized carbons (Fsp3) is 0.0625. The Labute approximate surface area is 122 Å². The van der Waals surface area contributed by atoms with E-state index in [1.807, 2.05) is 42.5 Å². The molecule has 19 heavy (non-hydrogen) atoms. The van der Waals surface area contributed by atoms with Crippen LogP contribution in [0.25, 0.3) is 0 Å². The average molecular weight is 284 g/mol. The Kier molecular flexibility index (Phi) is 3.25. The Morgan fingerprint density at radius 3 is 2.68 bits per heavy atom. The van der Waals surface area contributed by atoms with E-state index in [-0.39, 0.29) is 0 Å². The lowest BCUT2D eigenvalue weighted by Crippen LogP contribution is -2.00. The number of nitrogens with one attached hydrogen (secondary N) is 1. The van der Waals surface area contributed by atoms with Crippen molar-refractivity contribution in [1.82, 2.24) is 0 Å². The summed E-state index contributed by atoms with van der Waals surface area (Å²) in [5, 5.41) is 3.79. The first kappa shape index (κ1) is 12.2. The average Bonchev–Trinajstić information content (AvgIpc) is 2.76. The molecule has 0 unspecified atom stereocenters. The largest absolute Gasteiger partial charge is 0.349 e. The Morgan fingerprint density at radius 1 is 1.11 bits per heavy atom. The van der Waals surface area contributed by atoms with Crippen LogP contribution in [0.15, 0.2) is 42.5 Å². The van der Waals surface area contributed by atoms with Gasteiger partial charge in [-0.25, -0.2) is 0 Å². The lowest BCUT2D eigenvalue weighted by atomic mass is 10.1. The topological polar surface area (TPSA) is 12.0 Å². The summed E-state index contributed by atoms with van der Waals surface area (Å²) in [6, 6.07) is 13.8. The van der Waals surface area contributed by atoms with Crippen LogP contribution in [0, 0.1) is 11.8 Å². The monoisotopic (exact) mass is 283 g/mol. The molecule has 0 spiro atoms. The van der Waals surface area contributed by atoms with E-state index in [0.717, 1.165) is 33.8 Å². The summed E-state index contributed by atoms with van der Waals surface area (Å²) in [5.41, 5.74) is 3.98. The van der Waals surface area contributed by atoms with E-state index < -0.39 is 0 Å². The van der Waals surface area contributed by atoms with Crippen LogP contribution in [0.1, 0.15) is 16.7 Å². The van der Waals surface area contributed by atoms with Crippen molar-refractivity contribution < 1.29 is 0 Å². The molecule has 0 aromatic heterocycles. The molecular weight excluding hydrogens is 274 g/mol. The van der Waals surface area contributed by atoms with Gasteiger partial charge in [0, 0.05) is 23.2 Å². The van der Waals surface area contributed by atoms with Crippen LogP contribution in [-0.2, 0) is 6.42 Å². The van der Waals surface area contributed by atoms with Gasteiger partial charge in [-0.05, 0) is 29.8 Å². The number of thiocarbonyl (C=S) groups is 1. The lowest BCUT2D eigenvalue weighted by Gasteiger charge is -2.02. The summed E-state index contributed by atoms with van der Waals surface area (Å²) in [6.07, 6.45) is 0.766. The standard InChI is InChI=1S/C16H10ClNS/c17-14-10-15-13(9-16(19)18-15)8-12(14)7-6-11-4-2-1-3-5-11/h1-5,8,10H,9H2,(H,18,19). The van der Waals surface area contributed by atoms with Crippen LogP contribution < -0.4 is 5.32 Å². The van der Waals surface area contributed by atoms with E-state index in [1.54, 1.807) is 0 Å². The van der Waals surface area contributed by atoms with Crippen LogP contribution >= 0.6 is 23.8 Å². The van der Waals surface area contributed by atoms with E-state index in [2.05, 4.69) is 17.2 Å². The third-order valence-electron chi connectivity index (χ3n) is 2.93. The maximum absolute atomic E-state index is 6.24. The first-order valence-electron chi connectivity index (χ1n) is 5.92. The van der Waals surface area contributed by atoms with Gasteiger partial charge >= 0.3 is 0 Å². The highest BCUT2D eigenvalue weighted by Gasteiger charge is 2.16. The molecule has 2 aromatic carbocycles. The highest BCUT2D eigenvalue weighted by molar-refractivity contribution is 7.80. The van der Waals surface area contributed by atoms with E-state index in [9.17, 15) is 0 Å². The molecule has 2 aromatic rings. The minimum atomic E-state index is 0.652. The van der Waals surface area contributed by atoms with Gasteiger partial charge in [0.2, 0.25) is 0 Å². The van der Waals surface area contributed by atoms with Gasteiger partial charge in [-0.2, -0.15) is 0 Å². The molecular formula is C16H10ClNS. The smallest absolute Gasteiger partial charge is 0.0842 e. The number of halogens is 1. The molecule has 1 heterocycles. The number of fused-ring (bicyclic) bond motifs is 1. The molecule has 3 rings (SSSR count). The van der Waals surface area contributed by atoms with Gasteiger partial charge in [-0.3, -0.25) is 0 Å². The Morgan fingerprint density at radius 2 is 1.89 bits per heavy atom. The predicted octanol–water partition coefficient (Wildman–Crippen LogP) is 4.04. The zero-order valence-electron chi connectivity index (χ0n) is 10.0. The second-order valence-corrected chi connectivity index (χ2v) is 5.23. The molecule has 1 nitrogen and oxygen atoms in total. The molecule has 0 aliphatic carbocycles. The Hall–Kier alpha value is -1.82. The van der Waals surface area contributed by atoms with Crippen molar-refractivity contribution in [2.24, 2.45) is 0 Å². The van der Waals surface area contributed by atoms with Gasteiger partial charge in [-0.1, -0.05) is 53.9 Å². The third-order valence-corrected chi connectivity index (χ3v) is 3.49.